The molecule has 1 heteroatoms. The second-order valence-electron chi connectivity index (χ2n) is 6.39. The summed E-state index contributed by atoms with van der Waals surface area (Å²) in [5, 5.41) is 5.09. The maximum Gasteiger partial charge on any atom is 0.0347 e. The average molecular weight is 295 g/mol. The lowest BCUT2D eigenvalue weighted by atomic mass is 9.81. The number of nitrogens with zero attached hydrogens (tertiary/aromatic N) is 1. The Bertz CT molecular complexity index is 1070. The van der Waals surface area contributed by atoms with Crippen molar-refractivity contribution in [2.24, 2.45) is 4.99 Å². The molecule has 0 unspecified atom stereocenters. The molecule has 3 aliphatic rings. The van der Waals surface area contributed by atoms with Crippen LogP contribution in [0.2, 0.25) is 0 Å². The van der Waals surface area contributed by atoms with Gasteiger partial charge in [-0.1, -0.05) is 48.1 Å². The van der Waals surface area contributed by atoms with E-state index in [-0.39, 0.29) is 0 Å². The van der Waals surface area contributed by atoms with Gasteiger partial charge in [0.15, 0.2) is 0 Å². The third kappa shape index (κ3) is 1.97. The van der Waals surface area contributed by atoms with Crippen LogP contribution in [0.15, 0.2) is 76.3 Å². The van der Waals surface area contributed by atoms with E-state index >= 15 is 0 Å². The van der Waals surface area contributed by atoms with Gasteiger partial charge in [0.05, 0.1) is 0 Å². The Morgan fingerprint density at radius 3 is 2.78 bits per heavy atom. The molecule has 0 aromatic heterocycles. The highest BCUT2D eigenvalue weighted by Gasteiger charge is 2.20. The largest absolute Gasteiger partial charge is 0.263 e. The summed E-state index contributed by atoms with van der Waals surface area (Å²) in [6.07, 6.45) is 14.4. The summed E-state index contributed by atoms with van der Waals surface area (Å²) in [5.74, 6) is 0. The number of rotatable bonds is 0. The van der Waals surface area contributed by atoms with E-state index in [1.165, 1.54) is 50.8 Å². The molecule has 23 heavy (non-hydrogen) atoms. The number of hydrogen-bond acceptors (Lipinski definition) is 1. The molecule has 5 rings (SSSR count). The SMILES string of the molecule is C1=CC2=C(CC=C3C=NC=c4cc5ccccc5cc4=C32)CC1. The van der Waals surface area contributed by atoms with Crippen LogP contribution in [0.1, 0.15) is 19.3 Å². The first kappa shape index (κ1) is 12.8. The number of hydrogen-bond donors (Lipinski definition) is 0. The third-order valence-corrected chi connectivity index (χ3v) is 5.02. The molecule has 1 aliphatic heterocycles. The topological polar surface area (TPSA) is 12.4 Å². The van der Waals surface area contributed by atoms with Gasteiger partial charge in [-0.3, -0.25) is 4.99 Å². The van der Waals surface area contributed by atoms with Crippen molar-refractivity contribution in [1.82, 2.24) is 0 Å². The summed E-state index contributed by atoms with van der Waals surface area (Å²) in [4.78, 5) is 4.56. The van der Waals surface area contributed by atoms with E-state index in [9.17, 15) is 0 Å². The fourth-order valence-corrected chi connectivity index (χ4v) is 3.87. The summed E-state index contributed by atoms with van der Waals surface area (Å²) >= 11 is 0. The zero-order valence-electron chi connectivity index (χ0n) is 12.9. The third-order valence-electron chi connectivity index (χ3n) is 5.02. The van der Waals surface area contributed by atoms with Gasteiger partial charge >= 0.3 is 0 Å². The number of allylic oxidation sites excluding steroid dienone is 6. The van der Waals surface area contributed by atoms with E-state index in [4.69, 9.17) is 0 Å². The fourth-order valence-electron chi connectivity index (χ4n) is 3.87. The minimum Gasteiger partial charge on any atom is -0.263 e. The molecule has 1 heterocycles. The quantitative estimate of drug-likeness (QED) is 0.701. The smallest absolute Gasteiger partial charge is 0.0347 e. The van der Waals surface area contributed by atoms with Gasteiger partial charge in [-0.2, -0.15) is 0 Å². The molecular weight excluding hydrogens is 278 g/mol. The van der Waals surface area contributed by atoms with Gasteiger partial charge in [0.1, 0.15) is 0 Å². The summed E-state index contributed by atoms with van der Waals surface area (Å²) in [6.45, 7) is 0. The molecule has 0 saturated heterocycles. The molecular formula is C22H17N. The van der Waals surface area contributed by atoms with Gasteiger partial charge < -0.3 is 0 Å². The summed E-state index contributed by atoms with van der Waals surface area (Å²) in [5.41, 5.74) is 5.62. The molecule has 0 radical (unpaired) electrons. The van der Waals surface area contributed by atoms with Crippen LogP contribution >= 0.6 is 0 Å². The van der Waals surface area contributed by atoms with Crippen LogP contribution in [-0.2, 0) is 0 Å². The molecule has 2 aromatic rings. The lowest BCUT2D eigenvalue weighted by molar-refractivity contribution is 0.906. The van der Waals surface area contributed by atoms with Gasteiger partial charge in [-0.25, -0.2) is 0 Å². The molecule has 2 aromatic carbocycles. The van der Waals surface area contributed by atoms with Crippen molar-refractivity contribution >= 4 is 28.8 Å². The van der Waals surface area contributed by atoms with Gasteiger partial charge in [-0.05, 0) is 64.1 Å². The maximum atomic E-state index is 4.56. The molecule has 0 spiro atoms. The number of aliphatic imine (C=N–C) groups is 1. The van der Waals surface area contributed by atoms with Crippen molar-refractivity contribution in [3.05, 3.63) is 81.8 Å². The normalized spacial score (nSPS) is 18.8. The highest BCUT2D eigenvalue weighted by Crippen LogP contribution is 2.35. The summed E-state index contributed by atoms with van der Waals surface area (Å²) in [6, 6.07) is 13.2. The lowest BCUT2D eigenvalue weighted by Crippen LogP contribution is -2.28. The Kier molecular flexibility index (Phi) is 2.75. The van der Waals surface area contributed by atoms with E-state index in [1.807, 2.05) is 12.4 Å². The highest BCUT2D eigenvalue weighted by molar-refractivity contribution is 6.04. The number of benzene rings is 2. The van der Waals surface area contributed by atoms with E-state index in [0.29, 0.717) is 0 Å². The Morgan fingerprint density at radius 1 is 1.00 bits per heavy atom. The van der Waals surface area contributed by atoms with Crippen molar-refractivity contribution < 1.29 is 0 Å². The zero-order chi connectivity index (χ0) is 15.2. The molecule has 0 bridgehead atoms. The Labute approximate surface area is 135 Å². The molecule has 0 amide bonds. The van der Waals surface area contributed by atoms with Crippen LogP contribution < -0.4 is 10.4 Å². The van der Waals surface area contributed by atoms with Crippen molar-refractivity contribution in [3.63, 3.8) is 0 Å². The van der Waals surface area contributed by atoms with Crippen molar-refractivity contribution in [2.75, 3.05) is 0 Å². The van der Waals surface area contributed by atoms with Crippen LogP contribution in [0.4, 0.5) is 0 Å². The van der Waals surface area contributed by atoms with Crippen LogP contribution in [0, 0.1) is 0 Å². The molecule has 0 saturated carbocycles. The van der Waals surface area contributed by atoms with E-state index < -0.39 is 0 Å². The second kappa shape index (κ2) is 4.92. The number of fused-ring (bicyclic) bond motifs is 4. The van der Waals surface area contributed by atoms with Crippen molar-refractivity contribution in [2.45, 2.75) is 19.3 Å². The molecule has 0 fully saturated rings. The van der Waals surface area contributed by atoms with Gasteiger partial charge in [-0.15, -0.1) is 0 Å². The predicted molar refractivity (Wildman–Crippen MR) is 97.7 cm³/mol. The first-order valence-electron chi connectivity index (χ1n) is 8.26. The van der Waals surface area contributed by atoms with E-state index in [2.05, 4.69) is 59.6 Å². The standard InChI is InChI=1S/C22H17N/c1-2-7-17-12-21-19(11-16(17)6-1)14-23-13-18-10-9-15-5-3-4-8-20(15)22(18)21/h1-2,4,6-8,10-14H,3,5,9H2. The molecule has 0 atom stereocenters. The fraction of sp³-hybridized carbons (Fsp3) is 0.136. The van der Waals surface area contributed by atoms with Gasteiger partial charge in [0.25, 0.3) is 0 Å². The first-order chi connectivity index (χ1) is 11.4. The molecule has 0 N–H and O–H groups in total. The van der Waals surface area contributed by atoms with Crippen LogP contribution in [0.5, 0.6) is 0 Å². The Balaban J connectivity index is 1.96. The van der Waals surface area contributed by atoms with E-state index in [1.54, 1.807) is 5.57 Å². The highest BCUT2D eigenvalue weighted by atomic mass is 14.7. The molecule has 2 aliphatic carbocycles. The minimum absolute atomic E-state index is 1.06. The maximum absolute atomic E-state index is 4.56. The summed E-state index contributed by atoms with van der Waals surface area (Å²) in [7, 11) is 0. The molecule has 110 valence electrons. The van der Waals surface area contributed by atoms with Crippen LogP contribution in [0.25, 0.3) is 22.5 Å². The average Bonchev–Trinajstić information content (AvgIpc) is 2.78. The Hall–Kier alpha value is -2.67. The Morgan fingerprint density at radius 2 is 1.87 bits per heavy atom. The monoisotopic (exact) mass is 295 g/mol. The summed E-state index contributed by atoms with van der Waals surface area (Å²) < 4.78 is 0. The predicted octanol–water partition coefficient (Wildman–Crippen LogP) is 3.79. The first-order valence-corrected chi connectivity index (χ1v) is 8.26. The van der Waals surface area contributed by atoms with Gasteiger partial charge in [0.2, 0.25) is 0 Å². The van der Waals surface area contributed by atoms with Crippen LogP contribution in [0.3, 0.4) is 0 Å². The van der Waals surface area contributed by atoms with Crippen molar-refractivity contribution in [1.29, 1.82) is 0 Å². The van der Waals surface area contributed by atoms with E-state index in [0.717, 1.165) is 6.42 Å². The lowest BCUT2D eigenvalue weighted by Gasteiger charge is -2.23. The zero-order valence-corrected chi connectivity index (χ0v) is 12.9. The second-order valence-corrected chi connectivity index (χ2v) is 6.39. The molecule has 1 nitrogen and oxygen atoms in total. The minimum atomic E-state index is 1.06. The van der Waals surface area contributed by atoms with Crippen LogP contribution in [-0.4, -0.2) is 6.21 Å². The van der Waals surface area contributed by atoms with Crippen molar-refractivity contribution in [3.8, 4) is 0 Å². The van der Waals surface area contributed by atoms with Gasteiger partial charge in [0, 0.05) is 17.6 Å².